The normalized spacial score (nSPS) is 29.8. The second kappa shape index (κ2) is 5.84. The Labute approximate surface area is 104 Å². The minimum absolute atomic E-state index is 0. The molecule has 0 spiro atoms. The predicted octanol–water partition coefficient (Wildman–Crippen LogP) is 0.323. The molecule has 2 saturated heterocycles. The van der Waals surface area contributed by atoms with E-state index in [0.29, 0.717) is 18.6 Å². The molecule has 2 unspecified atom stereocenters. The summed E-state index contributed by atoms with van der Waals surface area (Å²) in [5.74, 6) is 0.247. The Morgan fingerprint density at radius 1 is 1.44 bits per heavy atom. The highest BCUT2D eigenvalue weighted by Gasteiger charge is 2.35. The van der Waals surface area contributed by atoms with E-state index in [2.05, 4.69) is 17.1 Å². The van der Waals surface area contributed by atoms with E-state index in [1.807, 2.05) is 11.9 Å². The van der Waals surface area contributed by atoms with Gasteiger partial charge in [-0.05, 0) is 33.4 Å². The van der Waals surface area contributed by atoms with Crippen molar-refractivity contribution in [2.24, 2.45) is 0 Å². The van der Waals surface area contributed by atoms with Crippen LogP contribution in [-0.2, 0) is 4.79 Å². The third kappa shape index (κ3) is 2.67. The number of fused-ring (bicyclic) bond motifs is 1. The number of piperazine rings is 1. The number of likely N-dealkylation sites (N-methyl/N-ethyl adjacent to an activating group) is 1. The van der Waals surface area contributed by atoms with E-state index in [1.165, 1.54) is 19.4 Å². The molecule has 0 aromatic rings. The number of nitrogens with zero attached hydrogens (tertiary/aromatic N) is 2. The zero-order chi connectivity index (χ0) is 10.8. The van der Waals surface area contributed by atoms with E-state index in [1.54, 1.807) is 0 Å². The highest BCUT2D eigenvalue weighted by atomic mass is 35.5. The molecule has 0 bridgehead atoms. The van der Waals surface area contributed by atoms with Crippen molar-refractivity contribution < 1.29 is 4.79 Å². The quantitative estimate of drug-likeness (QED) is 0.764. The summed E-state index contributed by atoms with van der Waals surface area (Å²) in [6, 6.07) is 1.00. The first kappa shape index (κ1) is 13.7. The molecule has 2 fully saturated rings. The van der Waals surface area contributed by atoms with Crippen molar-refractivity contribution in [3.05, 3.63) is 0 Å². The van der Waals surface area contributed by atoms with Gasteiger partial charge in [-0.15, -0.1) is 12.4 Å². The van der Waals surface area contributed by atoms with Crippen LogP contribution in [0.3, 0.4) is 0 Å². The van der Waals surface area contributed by atoms with E-state index < -0.39 is 0 Å². The maximum absolute atomic E-state index is 11.8. The van der Waals surface area contributed by atoms with Gasteiger partial charge < -0.3 is 10.2 Å². The standard InChI is InChI=1S/C11H21N3O.ClH/c1-9-7-13-5-3-4-10(13)8-14(9)11(15)6-12-2;/h9-10,12H,3-8H2,1-2H3;1H. The van der Waals surface area contributed by atoms with E-state index in [-0.39, 0.29) is 18.3 Å². The average Bonchev–Trinajstić information content (AvgIpc) is 2.63. The Balaban J connectivity index is 0.00000128. The number of amides is 1. The number of rotatable bonds is 2. The SMILES string of the molecule is CNCC(=O)N1CC2CCCN2CC1C.Cl. The molecular weight excluding hydrogens is 226 g/mol. The van der Waals surface area contributed by atoms with Crippen LogP contribution in [-0.4, -0.2) is 61.0 Å². The molecule has 2 aliphatic heterocycles. The molecule has 0 aromatic carbocycles. The molecule has 2 heterocycles. The molecule has 0 radical (unpaired) electrons. The lowest BCUT2D eigenvalue weighted by Crippen LogP contribution is -2.58. The molecule has 0 saturated carbocycles. The highest BCUT2D eigenvalue weighted by Crippen LogP contribution is 2.24. The lowest BCUT2D eigenvalue weighted by Gasteiger charge is -2.42. The van der Waals surface area contributed by atoms with Crippen LogP contribution < -0.4 is 5.32 Å². The third-order valence-electron chi connectivity index (χ3n) is 3.59. The van der Waals surface area contributed by atoms with Gasteiger partial charge in [0.05, 0.1) is 6.54 Å². The van der Waals surface area contributed by atoms with Crippen molar-refractivity contribution in [2.45, 2.75) is 31.8 Å². The third-order valence-corrected chi connectivity index (χ3v) is 3.59. The molecule has 1 N–H and O–H groups in total. The molecule has 4 nitrogen and oxygen atoms in total. The monoisotopic (exact) mass is 247 g/mol. The van der Waals surface area contributed by atoms with Gasteiger partial charge in [-0.1, -0.05) is 0 Å². The zero-order valence-electron chi connectivity index (χ0n) is 10.1. The van der Waals surface area contributed by atoms with Crippen LogP contribution in [0.2, 0.25) is 0 Å². The van der Waals surface area contributed by atoms with E-state index in [9.17, 15) is 4.79 Å². The Kier molecular flexibility index (Phi) is 5.02. The van der Waals surface area contributed by atoms with Gasteiger partial charge in [0.15, 0.2) is 0 Å². The summed E-state index contributed by atoms with van der Waals surface area (Å²) in [5.41, 5.74) is 0. The largest absolute Gasteiger partial charge is 0.336 e. The Hall–Kier alpha value is -0.320. The number of carbonyl (C=O) groups is 1. The second-order valence-corrected chi connectivity index (χ2v) is 4.72. The molecule has 0 aromatic heterocycles. The van der Waals surface area contributed by atoms with Gasteiger partial charge in [0.25, 0.3) is 0 Å². The maximum Gasteiger partial charge on any atom is 0.236 e. The van der Waals surface area contributed by atoms with Gasteiger partial charge in [0.1, 0.15) is 0 Å². The molecule has 2 aliphatic rings. The van der Waals surface area contributed by atoms with Crippen LogP contribution in [0, 0.1) is 0 Å². The molecule has 94 valence electrons. The predicted molar refractivity (Wildman–Crippen MR) is 66.9 cm³/mol. The molecule has 16 heavy (non-hydrogen) atoms. The smallest absolute Gasteiger partial charge is 0.236 e. The number of carbonyl (C=O) groups excluding carboxylic acids is 1. The zero-order valence-corrected chi connectivity index (χ0v) is 10.9. The van der Waals surface area contributed by atoms with Gasteiger partial charge in [-0.2, -0.15) is 0 Å². The fraction of sp³-hybridized carbons (Fsp3) is 0.909. The topological polar surface area (TPSA) is 35.6 Å². The summed E-state index contributed by atoms with van der Waals surface area (Å²) in [6.45, 7) is 5.84. The van der Waals surface area contributed by atoms with Crippen molar-refractivity contribution in [1.82, 2.24) is 15.1 Å². The summed E-state index contributed by atoms with van der Waals surface area (Å²) in [7, 11) is 1.83. The molecule has 5 heteroatoms. The van der Waals surface area contributed by atoms with E-state index >= 15 is 0 Å². The van der Waals surface area contributed by atoms with Gasteiger partial charge in [-0.25, -0.2) is 0 Å². The maximum atomic E-state index is 11.8. The summed E-state index contributed by atoms with van der Waals surface area (Å²) >= 11 is 0. The van der Waals surface area contributed by atoms with Crippen LogP contribution in [0.1, 0.15) is 19.8 Å². The average molecular weight is 248 g/mol. The second-order valence-electron chi connectivity index (χ2n) is 4.72. The van der Waals surface area contributed by atoms with Crippen LogP contribution in [0.25, 0.3) is 0 Å². The van der Waals surface area contributed by atoms with Gasteiger partial charge in [-0.3, -0.25) is 9.69 Å². The lowest BCUT2D eigenvalue weighted by molar-refractivity contribution is -0.135. The van der Waals surface area contributed by atoms with Crippen molar-refractivity contribution >= 4 is 18.3 Å². The van der Waals surface area contributed by atoms with E-state index in [0.717, 1.165) is 13.1 Å². The highest BCUT2D eigenvalue weighted by molar-refractivity contribution is 5.85. The summed E-state index contributed by atoms with van der Waals surface area (Å²) in [4.78, 5) is 16.4. The molecule has 2 atom stereocenters. The Bertz CT molecular complexity index is 249. The van der Waals surface area contributed by atoms with E-state index in [4.69, 9.17) is 0 Å². The summed E-state index contributed by atoms with van der Waals surface area (Å²) in [6.07, 6.45) is 2.56. The van der Waals surface area contributed by atoms with Crippen molar-refractivity contribution in [2.75, 3.05) is 33.2 Å². The number of hydrogen-bond donors (Lipinski definition) is 1. The first-order valence-corrected chi connectivity index (χ1v) is 5.90. The van der Waals surface area contributed by atoms with Gasteiger partial charge in [0, 0.05) is 25.2 Å². The van der Waals surface area contributed by atoms with Crippen molar-refractivity contribution in [3.8, 4) is 0 Å². The number of halogens is 1. The lowest BCUT2D eigenvalue weighted by atomic mass is 10.1. The van der Waals surface area contributed by atoms with Crippen LogP contribution in [0.4, 0.5) is 0 Å². The molecule has 2 rings (SSSR count). The van der Waals surface area contributed by atoms with Gasteiger partial charge >= 0.3 is 0 Å². The number of nitrogens with one attached hydrogen (secondary N) is 1. The van der Waals surface area contributed by atoms with Crippen molar-refractivity contribution in [3.63, 3.8) is 0 Å². The van der Waals surface area contributed by atoms with Gasteiger partial charge in [0.2, 0.25) is 5.91 Å². The first-order valence-electron chi connectivity index (χ1n) is 5.90. The fourth-order valence-corrected chi connectivity index (χ4v) is 2.79. The van der Waals surface area contributed by atoms with Crippen LogP contribution >= 0.6 is 12.4 Å². The first-order chi connectivity index (χ1) is 7.22. The summed E-state index contributed by atoms with van der Waals surface area (Å²) < 4.78 is 0. The fourth-order valence-electron chi connectivity index (χ4n) is 2.79. The Morgan fingerprint density at radius 2 is 2.19 bits per heavy atom. The molecule has 1 amide bonds. The summed E-state index contributed by atoms with van der Waals surface area (Å²) in [5, 5.41) is 2.94. The van der Waals surface area contributed by atoms with Crippen molar-refractivity contribution in [1.29, 1.82) is 0 Å². The minimum atomic E-state index is 0. The number of hydrogen-bond acceptors (Lipinski definition) is 3. The minimum Gasteiger partial charge on any atom is -0.336 e. The Morgan fingerprint density at radius 3 is 2.88 bits per heavy atom. The molecular formula is C11H22ClN3O. The van der Waals surface area contributed by atoms with Crippen LogP contribution in [0.15, 0.2) is 0 Å². The molecule has 0 aliphatic carbocycles. The van der Waals surface area contributed by atoms with Crippen LogP contribution in [0.5, 0.6) is 0 Å².